The molecule has 102 valence electrons. The SMILES string of the molecule is Cn1ccnc1-n1c(CC(N)=NO)nc2ccccc21. The van der Waals surface area contributed by atoms with E-state index >= 15 is 0 Å². The van der Waals surface area contributed by atoms with Crippen molar-refractivity contribution >= 4 is 16.9 Å². The number of aromatic nitrogens is 4. The van der Waals surface area contributed by atoms with Gasteiger partial charge in [-0.25, -0.2) is 9.97 Å². The van der Waals surface area contributed by atoms with Gasteiger partial charge in [0.2, 0.25) is 5.95 Å². The van der Waals surface area contributed by atoms with Crippen molar-refractivity contribution in [3.05, 3.63) is 42.5 Å². The highest BCUT2D eigenvalue weighted by atomic mass is 16.4. The average molecular weight is 270 g/mol. The number of amidine groups is 1. The second kappa shape index (κ2) is 4.69. The number of oxime groups is 1. The largest absolute Gasteiger partial charge is 0.409 e. The molecule has 2 aromatic heterocycles. The average Bonchev–Trinajstić information content (AvgIpc) is 3.01. The van der Waals surface area contributed by atoms with Crippen molar-refractivity contribution in [2.45, 2.75) is 6.42 Å². The molecule has 0 amide bonds. The molecule has 0 aliphatic heterocycles. The summed E-state index contributed by atoms with van der Waals surface area (Å²) in [5.41, 5.74) is 7.38. The number of fused-ring (bicyclic) bond motifs is 1. The van der Waals surface area contributed by atoms with E-state index in [4.69, 9.17) is 10.9 Å². The summed E-state index contributed by atoms with van der Waals surface area (Å²) in [7, 11) is 1.91. The zero-order chi connectivity index (χ0) is 14.1. The molecule has 20 heavy (non-hydrogen) atoms. The summed E-state index contributed by atoms with van der Waals surface area (Å²) in [4.78, 5) is 8.88. The van der Waals surface area contributed by atoms with E-state index in [-0.39, 0.29) is 12.3 Å². The summed E-state index contributed by atoms with van der Waals surface area (Å²) in [5.74, 6) is 1.52. The van der Waals surface area contributed by atoms with Gasteiger partial charge in [0.1, 0.15) is 11.7 Å². The molecule has 0 aliphatic rings. The van der Waals surface area contributed by atoms with E-state index < -0.39 is 0 Å². The van der Waals surface area contributed by atoms with Crippen molar-refractivity contribution in [3.8, 4) is 5.95 Å². The van der Waals surface area contributed by atoms with Crippen molar-refractivity contribution in [2.75, 3.05) is 0 Å². The van der Waals surface area contributed by atoms with Crippen LogP contribution in [0.15, 0.2) is 41.8 Å². The fourth-order valence-electron chi connectivity index (χ4n) is 2.19. The van der Waals surface area contributed by atoms with Crippen LogP contribution in [0.4, 0.5) is 0 Å². The predicted molar refractivity (Wildman–Crippen MR) is 74.9 cm³/mol. The molecule has 7 nitrogen and oxygen atoms in total. The first-order valence-corrected chi connectivity index (χ1v) is 6.11. The first kappa shape index (κ1) is 12.2. The summed E-state index contributed by atoms with van der Waals surface area (Å²) >= 11 is 0. The zero-order valence-corrected chi connectivity index (χ0v) is 10.9. The molecule has 0 bridgehead atoms. The van der Waals surface area contributed by atoms with E-state index in [1.54, 1.807) is 6.20 Å². The van der Waals surface area contributed by atoms with Gasteiger partial charge in [0.05, 0.1) is 17.5 Å². The Kier molecular flexibility index (Phi) is 2.86. The van der Waals surface area contributed by atoms with E-state index in [0.29, 0.717) is 5.82 Å². The number of hydrogen-bond donors (Lipinski definition) is 2. The van der Waals surface area contributed by atoms with Gasteiger partial charge in [-0.05, 0) is 12.1 Å². The highest BCUT2D eigenvalue weighted by molar-refractivity contribution is 5.84. The highest BCUT2D eigenvalue weighted by Crippen LogP contribution is 2.20. The van der Waals surface area contributed by atoms with Crippen LogP contribution in [0.2, 0.25) is 0 Å². The lowest BCUT2D eigenvalue weighted by Crippen LogP contribution is -2.18. The minimum absolute atomic E-state index is 0.107. The van der Waals surface area contributed by atoms with Gasteiger partial charge >= 0.3 is 0 Å². The van der Waals surface area contributed by atoms with Crippen molar-refractivity contribution in [2.24, 2.45) is 17.9 Å². The second-order valence-corrected chi connectivity index (χ2v) is 4.46. The summed E-state index contributed by atoms with van der Waals surface area (Å²) < 4.78 is 3.80. The standard InChI is InChI=1S/C13H14N6O/c1-18-7-6-15-13(18)19-10-5-3-2-4-9(10)16-12(19)8-11(14)17-20/h2-7,20H,8H2,1H3,(H2,14,17). The maximum atomic E-state index is 8.75. The smallest absolute Gasteiger partial charge is 0.215 e. The van der Waals surface area contributed by atoms with Crippen LogP contribution in [0.1, 0.15) is 5.82 Å². The number of rotatable bonds is 3. The number of nitrogens with zero attached hydrogens (tertiary/aromatic N) is 5. The van der Waals surface area contributed by atoms with Crippen molar-refractivity contribution in [1.29, 1.82) is 0 Å². The Morgan fingerprint density at radius 1 is 1.40 bits per heavy atom. The maximum Gasteiger partial charge on any atom is 0.215 e. The normalized spacial score (nSPS) is 12.2. The third kappa shape index (κ3) is 1.89. The zero-order valence-electron chi connectivity index (χ0n) is 10.9. The number of nitrogens with two attached hydrogens (primary N) is 1. The quantitative estimate of drug-likeness (QED) is 0.322. The Balaban J connectivity index is 2.26. The van der Waals surface area contributed by atoms with Gasteiger partial charge < -0.3 is 15.5 Å². The molecule has 3 N–H and O–H groups in total. The number of benzene rings is 1. The van der Waals surface area contributed by atoms with E-state index in [0.717, 1.165) is 17.0 Å². The van der Waals surface area contributed by atoms with Crippen LogP contribution in [0.25, 0.3) is 17.0 Å². The topological polar surface area (TPSA) is 94.2 Å². The number of imidazole rings is 2. The van der Waals surface area contributed by atoms with Crippen molar-refractivity contribution in [3.63, 3.8) is 0 Å². The molecule has 3 rings (SSSR count). The minimum Gasteiger partial charge on any atom is -0.409 e. The van der Waals surface area contributed by atoms with Gasteiger partial charge in [-0.3, -0.25) is 4.57 Å². The molecule has 0 fully saturated rings. The number of aryl methyl sites for hydroxylation is 1. The lowest BCUT2D eigenvalue weighted by molar-refractivity contribution is 0.317. The molecule has 0 unspecified atom stereocenters. The third-order valence-corrected chi connectivity index (χ3v) is 3.09. The lowest BCUT2D eigenvalue weighted by Gasteiger charge is -2.08. The first-order chi connectivity index (χ1) is 9.70. The Labute approximate surface area is 115 Å². The lowest BCUT2D eigenvalue weighted by atomic mass is 10.3. The van der Waals surface area contributed by atoms with Crippen LogP contribution in [0.3, 0.4) is 0 Å². The molecule has 0 saturated carbocycles. The Bertz CT molecular complexity index is 785. The van der Waals surface area contributed by atoms with Crippen LogP contribution in [0.5, 0.6) is 0 Å². The summed E-state index contributed by atoms with van der Waals surface area (Å²) in [6.07, 6.45) is 3.83. The number of para-hydroxylation sites is 2. The van der Waals surface area contributed by atoms with Crippen LogP contribution in [0, 0.1) is 0 Å². The number of hydrogen-bond acceptors (Lipinski definition) is 4. The van der Waals surface area contributed by atoms with Crippen LogP contribution in [-0.2, 0) is 13.5 Å². The maximum absolute atomic E-state index is 8.75. The van der Waals surface area contributed by atoms with E-state index in [1.165, 1.54) is 0 Å². The van der Waals surface area contributed by atoms with Gasteiger partial charge in [-0.1, -0.05) is 17.3 Å². The van der Waals surface area contributed by atoms with Gasteiger partial charge in [0.25, 0.3) is 0 Å². The first-order valence-electron chi connectivity index (χ1n) is 6.11. The van der Waals surface area contributed by atoms with E-state index in [2.05, 4.69) is 15.1 Å². The Hall–Kier alpha value is -2.83. The van der Waals surface area contributed by atoms with Crippen LogP contribution >= 0.6 is 0 Å². The molecule has 1 aromatic carbocycles. The minimum atomic E-state index is 0.107. The molecule has 7 heteroatoms. The van der Waals surface area contributed by atoms with Gasteiger partial charge in [-0.2, -0.15) is 0 Å². The Morgan fingerprint density at radius 2 is 2.20 bits per heavy atom. The molecule has 0 atom stereocenters. The molecule has 3 aromatic rings. The van der Waals surface area contributed by atoms with E-state index in [9.17, 15) is 0 Å². The molecule has 0 radical (unpaired) electrons. The summed E-state index contributed by atoms with van der Waals surface area (Å²) in [6, 6.07) is 7.75. The van der Waals surface area contributed by atoms with Crippen molar-refractivity contribution in [1.82, 2.24) is 19.1 Å². The molecule has 0 spiro atoms. The van der Waals surface area contributed by atoms with Crippen LogP contribution < -0.4 is 5.73 Å². The third-order valence-electron chi connectivity index (χ3n) is 3.09. The predicted octanol–water partition coefficient (Wildman–Crippen LogP) is 1.05. The van der Waals surface area contributed by atoms with Crippen molar-refractivity contribution < 1.29 is 5.21 Å². The fraction of sp³-hybridized carbons (Fsp3) is 0.154. The Morgan fingerprint density at radius 3 is 2.90 bits per heavy atom. The van der Waals surface area contributed by atoms with Gasteiger partial charge in [0.15, 0.2) is 0 Å². The van der Waals surface area contributed by atoms with Gasteiger partial charge in [-0.15, -0.1) is 0 Å². The monoisotopic (exact) mass is 270 g/mol. The second-order valence-electron chi connectivity index (χ2n) is 4.46. The molecular formula is C13H14N6O. The molecule has 0 saturated heterocycles. The summed E-state index contributed by atoms with van der Waals surface area (Å²) in [6.45, 7) is 0. The van der Waals surface area contributed by atoms with E-state index in [1.807, 2.05) is 46.6 Å². The van der Waals surface area contributed by atoms with Crippen LogP contribution in [-0.4, -0.2) is 30.1 Å². The van der Waals surface area contributed by atoms with Gasteiger partial charge in [0, 0.05) is 19.4 Å². The summed E-state index contributed by atoms with van der Waals surface area (Å²) in [5, 5.41) is 11.8. The molecule has 2 heterocycles. The molecule has 0 aliphatic carbocycles. The fourth-order valence-corrected chi connectivity index (χ4v) is 2.19. The molecular weight excluding hydrogens is 256 g/mol. The highest BCUT2D eigenvalue weighted by Gasteiger charge is 2.16.